The first-order valence-electron chi connectivity index (χ1n) is 7.40. The van der Waals surface area contributed by atoms with Crippen molar-refractivity contribution in [1.29, 1.82) is 0 Å². The fourth-order valence-corrected chi connectivity index (χ4v) is 3.63. The molecule has 130 valence electrons. The summed E-state index contributed by atoms with van der Waals surface area (Å²) in [6.45, 7) is 6.37. The van der Waals surface area contributed by atoms with Crippen molar-refractivity contribution in [3.8, 4) is 0 Å². The zero-order valence-electron chi connectivity index (χ0n) is 14.1. The minimum absolute atomic E-state index is 0.0982. The average Bonchev–Trinajstić information content (AvgIpc) is 3.03. The zero-order chi connectivity index (χ0) is 18.0. The van der Waals surface area contributed by atoms with E-state index in [0.29, 0.717) is 10.4 Å². The van der Waals surface area contributed by atoms with Crippen LogP contribution in [-0.4, -0.2) is 26.4 Å². The van der Waals surface area contributed by atoms with Crippen molar-refractivity contribution < 1.29 is 13.2 Å². The molecule has 0 aliphatic heterocycles. The monoisotopic (exact) mass is 367 g/mol. The molecule has 24 heavy (non-hydrogen) atoms. The van der Waals surface area contributed by atoms with Crippen molar-refractivity contribution in [1.82, 2.24) is 15.0 Å². The minimum Gasteiger partial charge on any atom is -0.347 e. The molecule has 0 saturated carbocycles. The third kappa shape index (κ3) is 4.40. The quantitative estimate of drug-likeness (QED) is 0.849. The van der Waals surface area contributed by atoms with Crippen molar-refractivity contribution >= 4 is 27.3 Å². The summed E-state index contributed by atoms with van der Waals surface area (Å²) < 4.78 is 25.9. The molecule has 6 nitrogen and oxygen atoms in total. The van der Waals surface area contributed by atoms with Crippen molar-refractivity contribution in [3.63, 3.8) is 0 Å². The summed E-state index contributed by atoms with van der Waals surface area (Å²) in [5, 5.41) is 3.69. The highest BCUT2D eigenvalue weighted by Gasteiger charge is 2.20. The van der Waals surface area contributed by atoms with Crippen molar-refractivity contribution in [3.05, 3.63) is 45.9 Å². The summed E-state index contributed by atoms with van der Waals surface area (Å²) in [4.78, 5) is 17.2. The standard InChI is InChI=1S/C16H21N3O3S2/c1-16(2,3)15-19-10-13(23-15)14(20)18-9-11-6-5-7-12(8-11)24(21,22)17-4/h5-8,10,17H,9H2,1-4H3,(H,18,20). The van der Waals surface area contributed by atoms with Crippen LogP contribution in [0.3, 0.4) is 0 Å². The highest BCUT2D eigenvalue weighted by molar-refractivity contribution is 7.89. The third-order valence-electron chi connectivity index (χ3n) is 3.30. The van der Waals surface area contributed by atoms with Gasteiger partial charge in [0.1, 0.15) is 4.88 Å². The van der Waals surface area contributed by atoms with E-state index >= 15 is 0 Å². The van der Waals surface area contributed by atoms with Crippen LogP contribution >= 0.6 is 11.3 Å². The first-order valence-corrected chi connectivity index (χ1v) is 9.70. The van der Waals surface area contributed by atoms with Gasteiger partial charge in [-0.1, -0.05) is 32.9 Å². The van der Waals surface area contributed by atoms with E-state index in [1.807, 2.05) is 20.8 Å². The average molecular weight is 367 g/mol. The number of nitrogens with one attached hydrogen (secondary N) is 2. The Labute approximate surface area is 146 Å². The van der Waals surface area contributed by atoms with E-state index in [9.17, 15) is 13.2 Å². The highest BCUT2D eigenvalue weighted by Crippen LogP contribution is 2.26. The second-order valence-electron chi connectivity index (χ2n) is 6.32. The molecule has 1 amide bonds. The number of benzene rings is 1. The Morgan fingerprint density at radius 3 is 2.58 bits per heavy atom. The molecule has 0 radical (unpaired) electrons. The highest BCUT2D eigenvalue weighted by atomic mass is 32.2. The van der Waals surface area contributed by atoms with Crippen LogP contribution in [0.15, 0.2) is 35.4 Å². The molecular weight excluding hydrogens is 346 g/mol. The summed E-state index contributed by atoms with van der Waals surface area (Å²) >= 11 is 1.37. The molecular formula is C16H21N3O3S2. The Morgan fingerprint density at radius 2 is 2.00 bits per heavy atom. The topological polar surface area (TPSA) is 88.2 Å². The lowest BCUT2D eigenvalue weighted by molar-refractivity contribution is 0.0954. The fraction of sp³-hybridized carbons (Fsp3) is 0.375. The van der Waals surface area contributed by atoms with Crippen LogP contribution in [0.1, 0.15) is 41.0 Å². The summed E-state index contributed by atoms with van der Waals surface area (Å²) in [6, 6.07) is 6.47. The van der Waals surface area contributed by atoms with Gasteiger partial charge in [0.05, 0.1) is 16.1 Å². The predicted molar refractivity (Wildman–Crippen MR) is 94.7 cm³/mol. The molecule has 0 atom stereocenters. The SMILES string of the molecule is CNS(=O)(=O)c1cccc(CNC(=O)c2cnc(C(C)(C)C)s2)c1. The summed E-state index contributed by atoms with van der Waals surface area (Å²) in [6.07, 6.45) is 1.57. The first kappa shape index (κ1) is 18.6. The van der Waals surface area contributed by atoms with E-state index in [1.165, 1.54) is 24.5 Å². The molecule has 8 heteroatoms. The molecule has 0 bridgehead atoms. The largest absolute Gasteiger partial charge is 0.347 e. The summed E-state index contributed by atoms with van der Waals surface area (Å²) in [5.74, 6) is -0.218. The Kier molecular flexibility index (Phi) is 5.42. The first-order chi connectivity index (χ1) is 11.1. The molecule has 1 heterocycles. The van der Waals surface area contributed by atoms with E-state index in [2.05, 4.69) is 15.0 Å². The van der Waals surface area contributed by atoms with Gasteiger partial charge >= 0.3 is 0 Å². The molecule has 0 aliphatic carbocycles. The number of nitrogens with zero attached hydrogens (tertiary/aromatic N) is 1. The number of carbonyl (C=O) groups is 1. The number of amides is 1. The van der Waals surface area contributed by atoms with Crippen LogP contribution in [0, 0.1) is 0 Å². The number of carbonyl (C=O) groups excluding carboxylic acids is 1. The number of sulfonamides is 1. The molecule has 0 unspecified atom stereocenters. The number of rotatable bonds is 5. The van der Waals surface area contributed by atoms with Crippen LogP contribution < -0.4 is 10.0 Å². The second-order valence-corrected chi connectivity index (χ2v) is 9.23. The van der Waals surface area contributed by atoms with E-state index in [1.54, 1.807) is 24.4 Å². The van der Waals surface area contributed by atoms with Crippen LogP contribution in [0.2, 0.25) is 0 Å². The van der Waals surface area contributed by atoms with Crippen molar-refractivity contribution in [2.75, 3.05) is 7.05 Å². The maximum absolute atomic E-state index is 12.2. The molecule has 0 aliphatic rings. The zero-order valence-corrected chi connectivity index (χ0v) is 15.7. The van der Waals surface area contributed by atoms with Crippen LogP contribution in [0.25, 0.3) is 0 Å². The fourth-order valence-electron chi connectivity index (χ4n) is 1.94. The molecule has 0 fully saturated rings. The van der Waals surface area contributed by atoms with Gasteiger partial charge < -0.3 is 5.32 Å². The lowest BCUT2D eigenvalue weighted by Crippen LogP contribution is -2.22. The molecule has 1 aromatic carbocycles. The maximum atomic E-state index is 12.2. The molecule has 0 spiro atoms. The van der Waals surface area contributed by atoms with Gasteiger partial charge in [-0.2, -0.15) is 0 Å². The van der Waals surface area contributed by atoms with E-state index in [0.717, 1.165) is 5.01 Å². The van der Waals surface area contributed by atoms with Crippen LogP contribution in [0.4, 0.5) is 0 Å². The van der Waals surface area contributed by atoms with E-state index in [-0.39, 0.29) is 22.8 Å². The van der Waals surface area contributed by atoms with Gasteiger partial charge in [-0.25, -0.2) is 18.1 Å². The molecule has 2 rings (SSSR count). The number of aromatic nitrogens is 1. The summed E-state index contributed by atoms with van der Waals surface area (Å²) in [7, 11) is -2.13. The Bertz CT molecular complexity index is 836. The normalized spacial score (nSPS) is 12.2. The molecule has 1 aromatic heterocycles. The third-order valence-corrected chi connectivity index (χ3v) is 6.14. The number of thiazole rings is 1. The predicted octanol–water partition coefficient (Wildman–Crippen LogP) is 2.28. The molecule has 2 aromatic rings. The van der Waals surface area contributed by atoms with Crippen molar-refractivity contribution in [2.24, 2.45) is 0 Å². The number of hydrogen-bond acceptors (Lipinski definition) is 5. The maximum Gasteiger partial charge on any atom is 0.263 e. The van der Waals surface area contributed by atoms with Crippen LogP contribution in [-0.2, 0) is 22.0 Å². The lowest BCUT2D eigenvalue weighted by atomic mass is 9.98. The number of hydrogen-bond donors (Lipinski definition) is 2. The second kappa shape index (κ2) is 7.00. The van der Waals surface area contributed by atoms with Gasteiger partial charge in [-0.3, -0.25) is 4.79 Å². The lowest BCUT2D eigenvalue weighted by Gasteiger charge is -2.13. The molecule has 2 N–H and O–H groups in total. The van der Waals surface area contributed by atoms with E-state index < -0.39 is 10.0 Å². The van der Waals surface area contributed by atoms with Gasteiger partial charge in [0, 0.05) is 12.0 Å². The van der Waals surface area contributed by atoms with Gasteiger partial charge in [-0.05, 0) is 24.7 Å². The Balaban J connectivity index is 2.07. The van der Waals surface area contributed by atoms with E-state index in [4.69, 9.17) is 0 Å². The van der Waals surface area contributed by atoms with Gasteiger partial charge in [0.15, 0.2) is 0 Å². The smallest absolute Gasteiger partial charge is 0.263 e. The van der Waals surface area contributed by atoms with Crippen LogP contribution in [0.5, 0.6) is 0 Å². The Hall–Kier alpha value is -1.77. The minimum atomic E-state index is -3.50. The van der Waals surface area contributed by atoms with Gasteiger partial charge in [0.25, 0.3) is 5.91 Å². The van der Waals surface area contributed by atoms with Gasteiger partial charge in [0.2, 0.25) is 10.0 Å². The molecule has 0 saturated heterocycles. The Morgan fingerprint density at radius 1 is 1.29 bits per heavy atom. The van der Waals surface area contributed by atoms with Gasteiger partial charge in [-0.15, -0.1) is 11.3 Å². The van der Waals surface area contributed by atoms with Crippen molar-refractivity contribution in [2.45, 2.75) is 37.6 Å². The summed E-state index contributed by atoms with van der Waals surface area (Å²) in [5.41, 5.74) is 0.610.